The summed E-state index contributed by atoms with van der Waals surface area (Å²) < 4.78 is -0.488. The molecule has 3 aliphatic rings. The summed E-state index contributed by atoms with van der Waals surface area (Å²) in [5.74, 6) is 2.22. The molecule has 0 aliphatic heterocycles. The normalized spacial score (nSPS) is 38.0. The van der Waals surface area contributed by atoms with E-state index in [0.29, 0.717) is 28.7 Å². The van der Waals surface area contributed by atoms with E-state index in [1.807, 2.05) is 12.1 Å². The Bertz CT molecular complexity index is 578. The number of amides is 1. The van der Waals surface area contributed by atoms with Crippen LogP contribution in [0, 0.1) is 29.6 Å². The Morgan fingerprint density at radius 2 is 1.55 bits per heavy atom. The number of carbonyl (C=O) groups is 1. The number of nitrogens with one attached hydrogen (secondary N) is 1. The van der Waals surface area contributed by atoms with E-state index in [0.717, 1.165) is 31.4 Å². The van der Waals surface area contributed by atoms with E-state index >= 15 is 0 Å². The number of alkyl halides is 2. The third-order valence-electron chi connectivity index (χ3n) is 5.73. The Morgan fingerprint density at radius 1 is 1.00 bits per heavy atom. The lowest BCUT2D eigenvalue weighted by atomic mass is 10.0. The van der Waals surface area contributed by atoms with Gasteiger partial charge < -0.3 is 5.32 Å². The number of fused-ring (bicyclic) bond motifs is 2. The van der Waals surface area contributed by atoms with E-state index in [1.165, 1.54) is 0 Å². The highest BCUT2D eigenvalue weighted by atomic mass is 35.5. The Hall–Kier alpha value is -0.440. The van der Waals surface area contributed by atoms with Gasteiger partial charge in [-0.05, 0) is 73.6 Å². The van der Waals surface area contributed by atoms with Crippen LogP contribution in [0.3, 0.4) is 0 Å². The fourth-order valence-electron chi connectivity index (χ4n) is 4.37. The molecule has 118 valence electrons. The first-order valence-electron chi connectivity index (χ1n) is 7.92. The first-order valence-corrected chi connectivity index (χ1v) is 9.06. The summed E-state index contributed by atoms with van der Waals surface area (Å²) in [4.78, 5) is 12.5. The van der Waals surface area contributed by atoms with Crippen molar-refractivity contribution in [2.24, 2.45) is 29.6 Å². The molecule has 5 heteroatoms. The molecule has 1 aromatic carbocycles. The number of hydrogen-bond acceptors (Lipinski definition) is 1. The van der Waals surface area contributed by atoms with Crippen LogP contribution < -0.4 is 5.32 Å². The van der Waals surface area contributed by atoms with Crippen molar-refractivity contribution in [2.75, 3.05) is 5.32 Å². The zero-order valence-corrected chi connectivity index (χ0v) is 14.3. The third-order valence-corrected chi connectivity index (χ3v) is 7.11. The van der Waals surface area contributed by atoms with Gasteiger partial charge in [-0.2, -0.15) is 0 Å². The molecule has 0 saturated heterocycles. The minimum absolute atomic E-state index is 0.149. The average Bonchev–Trinajstić information content (AvgIpc) is 3.26. The molecule has 1 aromatic rings. The molecule has 3 saturated carbocycles. The van der Waals surface area contributed by atoms with E-state index in [4.69, 9.17) is 34.8 Å². The minimum Gasteiger partial charge on any atom is -0.326 e. The van der Waals surface area contributed by atoms with Crippen LogP contribution in [0.25, 0.3) is 0 Å². The van der Waals surface area contributed by atoms with Crippen LogP contribution in [0.15, 0.2) is 24.3 Å². The van der Waals surface area contributed by atoms with E-state index in [1.54, 1.807) is 12.1 Å². The van der Waals surface area contributed by atoms with Gasteiger partial charge >= 0.3 is 0 Å². The highest BCUT2D eigenvalue weighted by molar-refractivity contribution is 6.51. The summed E-state index contributed by atoms with van der Waals surface area (Å²) in [6.45, 7) is 0. The average molecular weight is 359 g/mol. The monoisotopic (exact) mass is 357 g/mol. The summed E-state index contributed by atoms with van der Waals surface area (Å²) in [6.07, 6.45) is 4.27. The van der Waals surface area contributed by atoms with Gasteiger partial charge in [0.2, 0.25) is 5.91 Å². The first kappa shape index (κ1) is 15.1. The predicted octanol–water partition coefficient (Wildman–Crippen LogP) is 5.13. The van der Waals surface area contributed by atoms with Gasteiger partial charge in [0.05, 0.1) is 0 Å². The lowest BCUT2D eigenvalue weighted by Gasteiger charge is -2.05. The zero-order chi connectivity index (χ0) is 15.5. The number of benzene rings is 1. The molecular weight excluding hydrogens is 341 g/mol. The molecule has 3 fully saturated rings. The summed E-state index contributed by atoms with van der Waals surface area (Å²) >= 11 is 18.5. The molecule has 0 radical (unpaired) electrons. The number of halogens is 3. The molecule has 0 spiro atoms. The van der Waals surface area contributed by atoms with E-state index < -0.39 is 4.33 Å². The summed E-state index contributed by atoms with van der Waals surface area (Å²) in [5.41, 5.74) is 0.817. The van der Waals surface area contributed by atoms with Crippen LogP contribution in [0.2, 0.25) is 5.02 Å². The molecule has 0 bridgehead atoms. The lowest BCUT2D eigenvalue weighted by Crippen LogP contribution is -2.15. The fourth-order valence-corrected chi connectivity index (χ4v) is 5.42. The van der Waals surface area contributed by atoms with Gasteiger partial charge in [-0.1, -0.05) is 11.6 Å². The van der Waals surface area contributed by atoms with Gasteiger partial charge in [-0.15, -0.1) is 23.2 Å². The van der Waals surface area contributed by atoms with Crippen LogP contribution in [0.4, 0.5) is 5.69 Å². The van der Waals surface area contributed by atoms with E-state index in [2.05, 4.69) is 5.32 Å². The van der Waals surface area contributed by atoms with Crippen molar-refractivity contribution in [3.05, 3.63) is 29.3 Å². The van der Waals surface area contributed by atoms with Crippen LogP contribution in [-0.4, -0.2) is 10.2 Å². The molecule has 0 aromatic heterocycles. The molecule has 0 heterocycles. The Morgan fingerprint density at radius 3 is 2.09 bits per heavy atom. The van der Waals surface area contributed by atoms with Crippen LogP contribution in [-0.2, 0) is 4.79 Å². The Labute approximate surface area is 145 Å². The third kappa shape index (κ3) is 2.53. The van der Waals surface area contributed by atoms with Gasteiger partial charge in [0.15, 0.2) is 0 Å². The number of hydrogen-bond donors (Lipinski definition) is 1. The maximum atomic E-state index is 12.5. The SMILES string of the molecule is O=C(Nc1ccc(Cl)cc1)C1[C@H]2CC[C@@H]3[C@@H](CC[C@H]12)C3(Cl)Cl. The zero-order valence-electron chi connectivity index (χ0n) is 12.1. The van der Waals surface area contributed by atoms with Crippen molar-refractivity contribution >= 4 is 46.4 Å². The van der Waals surface area contributed by atoms with Gasteiger partial charge in [0.1, 0.15) is 4.33 Å². The molecule has 0 unspecified atom stereocenters. The van der Waals surface area contributed by atoms with E-state index in [-0.39, 0.29) is 11.8 Å². The topological polar surface area (TPSA) is 29.1 Å². The van der Waals surface area contributed by atoms with Gasteiger partial charge in [0.25, 0.3) is 0 Å². The molecule has 3 aliphatic carbocycles. The summed E-state index contributed by atoms with van der Waals surface area (Å²) in [7, 11) is 0. The van der Waals surface area contributed by atoms with Crippen LogP contribution >= 0.6 is 34.8 Å². The predicted molar refractivity (Wildman–Crippen MR) is 90.4 cm³/mol. The Balaban J connectivity index is 1.37. The van der Waals surface area contributed by atoms with Crippen molar-refractivity contribution in [1.82, 2.24) is 0 Å². The highest BCUT2D eigenvalue weighted by Crippen LogP contribution is 2.67. The minimum atomic E-state index is -0.488. The number of rotatable bonds is 2. The van der Waals surface area contributed by atoms with Gasteiger partial charge in [0, 0.05) is 16.6 Å². The molecule has 4 rings (SSSR count). The quantitative estimate of drug-likeness (QED) is 0.729. The molecule has 4 atom stereocenters. The fraction of sp³-hybridized carbons (Fsp3) is 0.588. The van der Waals surface area contributed by atoms with Crippen molar-refractivity contribution in [3.8, 4) is 0 Å². The smallest absolute Gasteiger partial charge is 0.228 e. The summed E-state index contributed by atoms with van der Waals surface area (Å²) in [5, 5.41) is 3.69. The second-order valence-corrected chi connectivity index (χ2v) is 8.77. The van der Waals surface area contributed by atoms with Crippen molar-refractivity contribution in [1.29, 1.82) is 0 Å². The second-order valence-electron chi connectivity index (χ2n) is 6.89. The first-order chi connectivity index (χ1) is 10.5. The maximum absolute atomic E-state index is 12.5. The van der Waals surface area contributed by atoms with Crippen LogP contribution in [0.5, 0.6) is 0 Å². The van der Waals surface area contributed by atoms with Crippen molar-refractivity contribution in [2.45, 2.75) is 30.0 Å². The van der Waals surface area contributed by atoms with Crippen molar-refractivity contribution in [3.63, 3.8) is 0 Å². The second kappa shape index (κ2) is 5.29. The standard InChI is InChI=1S/C17H18Cl3NO/c18-9-1-3-10(4-2-9)21-16(22)15-11-5-7-13-14(17(13,19)20)8-6-12(11)15/h1-4,11-15H,5-8H2,(H,21,22)/t11-,12-,13+,14+/m0/s1. The lowest BCUT2D eigenvalue weighted by molar-refractivity contribution is -0.117. The molecule has 22 heavy (non-hydrogen) atoms. The molecule has 1 N–H and O–H groups in total. The number of anilines is 1. The number of carbonyl (C=O) groups excluding carboxylic acids is 1. The summed E-state index contributed by atoms with van der Waals surface area (Å²) in [6, 6.07) is 7.27. The molecular formula is C17H18Cl3NO. The highest BCUT2D eigenvalue weighted by Gasteiger charge is 2.65. The largest absolute Gasteiger partial charge is 0.326 e. The molecule has 2 nitrogen and oxygen atoms in total. The van der Waals surface area contributed by atoms with Gasteiger partial charge in [-0.3, -0.25) is 4.79 Å². The van der Waals surface area contributed by atoms with Crippen LogP contribution in [0.1, 0.15) is 25.7 Å². The Kier molecular flexibility index (Phi) is 3.63. The van der Waals surface area contributed by atoms with Crippen molar-refractivity contribution < 1.29 is 4.79 Å². The maximum Gasteiger partial charge on any atom is 0.228 e. The molecule has 1 amide bonds. The van der Waals surface area contributed by atoms with E-state index in [9.17, 15) is 4.79 Å². The van der Waals surface area contributed by atoms with Gasteiger partial charge in [-0.25, -0.2) is 0 Å².